The molecule has 0 N–H and O–H groups in total. The molecule has 0 unspecified atom stereocenters. The van der Waals surface area contributed by atoms with E-state index < -0.39 is 19.2 Å². The Labute approximate surface area is 164 Å². The van der Waals surface area contributed by atoms with E-state index in [1.165, 1.54) is 98.8 Å². The van der Waals surface area contributed by atoms with Gasteiger partial charge in [-0.3, -0.25) is 0 Å². The minimum atomic E-state index is -2.77. The molecule has 0 aromatic carbocycles. The van der Waals surface area contributed by atoms with Crippen LogP contribution in [0, 0.1) is 0 Å². The van der Waals surface area contributed by atoms with Crippen molar-refractivity contribution in [2.75, 3.05) is 13.2 Å². The van der Waals surface area contributed by atoms with E-state index in [4.69, 9.17) is 6.15 Å². The van der Waals surface area contributed by atoms with Crippen molar-refractivity contribution in [1.29, 1.82) is 0 Å². The fourth-order valence-electron chi connectivity index (χ4n) is 3.29. The predicted octanol–water partition coefficient (Wildman–Crippen LogP) is 8.00. The molecule has 0 heterocycles. The minimum absolute atomic E-state index is 0.955. The second-order valence-electron chi connectivity index (χ2n) is 7.60. The third kappa shape index (κ3) is 15.5. The molecule has 0 aromatic rings. The maximum absolute atomic E-state index is 6.52. The second kappa shape index (κ2) is 19.5. The van der Waals surface area contributed by atoms with E-state index in [9.17, 15) is 0 Å². The van der Waals surface area contributed by atoms with Gasteiger partial charge in [0.2, 0.25) is 0 Å². The Kier molecular flexibility index (Phi) is 20.0. The molecule has 0 rings (SSSR count). The van der Waals surface area contributed by atoms with Crippen LogP contribution >= 0.6 is 0 Å². The molecule has 0 aliphatic rings. The van der Waals surface area contributed by atoms with Crippen LogP contribution in [0.2, 0.25) is 8.87 Å². The third-order valence-electron chi connectivity index (χ3n) is 5.18. The van der Waals surface area contributed by atoms with Gasteiger partial charge < -0.3 is 0 Å². The Balaban J connectivity index is 4.02. The zero-order valence-corrected chi connectivity index (χ0v) is 20.9. The van der Waals surface area contributed by atoms with Crippen LogP contribution in [0.4, 0.5) is 0 Å². The van der Waals surface area contributed by atoms with Crippen molar-refractivity contribution in [3.8, 4) is 0 Å². The molecule has 0 aliphatic carbocycles. The zero-order chi connectivity index (χ0) is 18.6. The molecule has 0 spiro atoms. The summed E-state index contributed by atoms with van der Waals surface area (Å²) in [5, 5.41) is 0. The summed E-state index contributed by atoms with van der Waals surface area (Å²) in [6.45, 7) is 11.1. The normalized spacial score (nSPS) is 12.0. The average Bonchev–Trinajstić information content (AvgIpc) is 2.64. The Hall–Kier alpha value is 0.719. The SMILES string of the molecule is CCCCCCCC[O][Sn]([CH2]C)([CH2]CCC)[O]CCCCCCCC. The molecule has 3 heteroatoms. The van der Waals surface area contributed by atoms with E-state index >= 15 is 0 Å². The van der Waals surface area contributed by atoms with E-state index in [-0.39, 0.29) is 0 Å². The fraction of sp³-hybridized carbons (Fsp3) is 1.00. The first-order valence-electron chi connectivity index (χ1n) is 11.5. The van der Waals surface area contributed by atoms with Gasteiger partial charge in [-0.2, -0.15) is 0 Å². The van der Waals surface area contributed by atoms with Gasteiger partial charge in [-0.05, 0) is 0 Å². The first-order valence-corrected chi connectivity index (χ1v) is 17.9. The number of hydrogen-bond acceptors (Lipinski definition) is 2. The predicted molar refractivity (Wildman–Crippen MR) is 115 cm³/mol. The van der Waals surface area contributed by atoms with Crippen LogP contribution in [-0.2, 0) is 6.15 Å². The van der Waals surface area contributed by atoms with Crippen LogP contribution in [0.1, 0.15) is 118 Å². The van der Waals surface area contributed by atoms with E-state index in [2.05, 4.69) is 27.7 Å². The summed E-state index contributed by atoms with van der Waals surface area (Å²) in [5.41, 5.74) is 0. The van der Waals surface area contributed by atoms with Crippen molar-refractivity contribution >= 4 is 19.2 Å². The Bertz CT molecular complexity index is 240. The summed E-state index contributed by atoms with van der Waals surface area (Å²) in [5.74, 6) is 0. The molecule has 152 valence electrons. The zero-order valence-electron chi connectivity index (χ0n) is 18.0. The molecule has 0 radical (unpaired) electrons. The van der Waals surface area contributed by atoms with Crippen molar-refractivity contribution in [2.45, 2.75) is 126 Å². The molecule has 0 bridgehead atoms. The summed E-state index contributed by atoms with van der Waals surface area (Å²) < 4.78 is 15.5. The van der Waals surface area contributed by atoms with Gasteiger partial charge in [-0.25, -0.2) is 0 Å². The van der Waals surface area contributed by atoms with Gasteiger partial charge in [0, 0.05) is 0 Å². The molecule has 0 atom stereocenters. The summed E-state index contributed by atoms with van der Waals surface area (Å²) in [6, 6.07) is 0. The molecule has 0 saturated heterocycles. The van der Waals surface area contributed by atoms with Gasteiger partial charge >= 0.3 is 165 Å². The molecule has 0 amide bonds. The fourth-order valence-corrected chi connectivity index (χ4v) is 12.0. The van der Waals surface area contributed by atoms with Crippen LogP contribution in [0.25, 0.3) is 0 Å². The van der Waals surface area contributed by atoms with Crippen LogP contribution in [0.5, 0.6) is 0 Å². The monoisotopic (exact) mass is 464 g/mol. The van der Waals surface area contributed by atoms with Gasteiger partial charge in [-0.15, -0.1) is 0 Å². The molecule has 0 saturated carbocycles. The second-order valence-corrected chi connectivity index (χ2v) is 17.9. The van der Waals surface area contributed by atoms with Crippen molar-refractivity contribution in [2.24, 2.45) is 0 Å². The van der Waals surface area contributed by atoms with E-state index in [0.29, 0.717) is 0 Å². The molecule has 0 fully saturated rings. The molecular weight excluding hydrogens is 415 g/mol. The topological polar surface area (TPSA) is 18.5 Å². The standard InChI is InChI=1S/2C8H17O.C4H9.C2H5.Sn/c2*1-2-3-4-5-6-7-8-9;1-3-4-2;1-2;/h2*2-8H2,1H3;1,3-4H2,2H3;1H2,2H3;/q2*-1;;;+2. The molecule has 2 nitrogen and oxygen atoms in total. The van der Waals surface area contributed by atoms with E-state index in [0.717, 1.165) is 13.2 Å². The number of hydrogen-bond donors (Lipinski definition) is 0. The Morgan fingerprint density at radius 3 is 1.28 bits per heavy atom. The van der Waals surface area contributed by atoms with Crippen molar-refractivity contribution in [3.05, 3.63) is 0 Å². The molecule has 25 heavy (non-hydrogen) atoms. The summed E-state index contributed by atoms with van der Waals surface area (Å²) in [7, 11) is 0. The van der Waals surface area contributed by atoms with Gasteiger partial charge in [0.05, 0.1) is 0 Å². The number of unbranched alkanes of at least 4 members (excludes halogenated alkanes) is 11. The van der Waals surface area contributed by atoms with Gasteiger partial charge in [0.15, 0.2) is 0 Å². The van der Waals surface area contributed by atoms with E-state index in [1.54, 1.807) is 0 Å². The quantitative estimate of drug-likeness (QED) is 0.135. The van der Waals surface area contributed by atoms with Gasteiger partial charge in [0.1, 0.15) is 0 Å². The Morgan fingerprint density at radius 2 is 0.880 bits per heavy atom. The Morgan fingerprint density at radius 1 is 0.480 bits per heavy atom. The van der Waals surface area contributed by atoms with Gasteiger partial charge in [0.25, 0.3) is 0 Å². The first-order chi connectivity index (χ1) is 12.2. The van der Waals surface area contributed by atoms with Crippen molar-refractivity contribution in [3.63, 3.8) is 0 Å². The summed E-state index contributed by atoms with van der Waals surface area (Å²) in [4.78, 5) is 0. The van der Waals surface area contributed by atoms with Crippen LogP contribution in [0.15, 0.2) is 0 Å². The van der Waals surface area contributed by atoms with Crippen LogP contribution < -0.4 is 0 Å². The van der Waals surface area contributed by atoms with Crippen LogP contribution in [0.3, 0.4) is 0 Å². The molecular formula is C22H48O2Sn. The molecule has 0 aromatic heterocycles. The van der Waals surface area contributed by atoms with Crippen molar-refractivity contribution < 1.29 is 6.15 Å². The molecule has 0 aliphatic heterocycles. The third-order valence-corrected chi connectivity index (χ3v) is 15.6. The summed E-state index contributed by atoms with van der Waals surface area (Å²) in [6.07, 6.45) is 18.6. The van der Waals surface area contributed by atoms with Crippen molar-refractivity contribution in [1.82, 2.24) is 0 Å². The van der Waals surface area contributed by atoms with E-state index in [1.807, 2.05) is 0 Å². The first kappa shape index (κ1) is 25.7. The van der Waals surface area contributed by atoms with Crippen LogP contribution in [-0.4, -0.2) is 32.4 Å². The average molecular weight is 463 g/mol. The van der Waals surface area contributed by atoms with Gasteiger partial charge in [-0.1, -0.05) is 0 Å². The maximum atomic E-state index is 6.52. The summed E-state index contributed by atoms with van der Waals surface area (Å²) >= 11 is -2.77. The number of rotatable bonds is 20.